The van der Waals surface area contributed by atoms with Crippen molar-refractivity contribution in [3.8, 4) is 11.5 Å². The van der Waals surface area contributed by atoms with E-state index in [0.29, 0.717) is 30.1 Å². The highest BCUT2D eigenvalue weighted by Gasteiger charge is 2.26. The number of nitrogens with zero attached hydrogens (tertiary/aromatic N) is 1. The van der Waals surface area contributed by atoms with Gasteiger partial charge in [-0.15, -0.1) is 0 Å². The van der Waals surface area contributed by atoms with Gasteiger partial charge in [0.2, 0.25) is 5.91 Å². The molecule has 9 heteroatoms. The SMILES string of the molecule is COc1ccc(NS(=O)(=O)c2cc(Cl)ccc2OC)cc1N1CCCC1=O. The normalized spacial score (nSPS) is 14.3. The number of ether oxygens (including phenoxy) is 2. The predicted molar refractivity (Wildman–Crippen MR) is 103 cm³/mol. The minimum atomic E-state index is -3.96. The van der Waals surface area contributed by atoms with Crippen LogP contribution in [-0.2, 0) is 14.8 Å². The second-order valence-corrected chi connectivity index (χ2v) is 8.02. The number of methoxy groups -OCH3 is 2. The van der Waals surface area contributed by atoms with Gasteiger partial charge in [0, 0.05) is 18.0 Å². The first-order valence-electron chi connectivity index (χ1n) is 8.20. The second-order valence-electron chi connectivity index (χ2n) is 5.94. The highest BCUT2D eigenvalue weighted by Crippen LogP contribution is 2.35. The Bertz CT molecular complexity index is 978. The largest absolute Gasteiger partial charge is 0.495 e. The van der Waals surface area contributed by atoms with E-state index in [-0.39, 0.29) is 21.6 Å². The highest BCUT2D eigenvalue weighted by molar-refractivity contribution is 7.92. The second kappa shape index (κ2) is 7.66. The standard InChI is InChI=1S/C18H19ClN2O5S/c1-25-15-8-6-13(11-14(15)21-9-3-4-18(21)22)20-27(23,24)17-10-12(19)5-7-16(17)26-2/h5-8,10-11,20H,3-4,9H2,1-2H3. The molecular weight excluding hydrogens is 392 g/mol. The van der Waals surface area contributed by atoms with Gasteiger partial charge in [-0.05, 0) is 42.8 Å². The van der Waals surface area contributed by atoms with E-state index in [2.05, 4.69) is 4.72 Å². The zero-order chi connectivity index (χ0) is 19.6. The summed E-state index contributed by atoms with van der Waals surface area (Å²) in [7, 11) is -1.07. The molecule has 1 N–H and O–H groups in total. The van der Waals surface area contributed by atoms with Crippen molar-refractivity contribution in [2.75, 3.05) is 30.4 Å². The molecule has 27 heavy (non-hydrogen) atoms. The molecule has 0 saturated carbocycles. The number of nitrogens with one attached hydrogen (secondary N) is 1. The number of sulfonamides is 1. The summed E-state index contributed by atoms with van der Waals surface area (Å²) >= 11 is 5.94. The molecule has 0 aliphatic carbocycles. The Hall–Kier alpha value is -2.45. The van der Waals surface area contributed by atoms with Crippen molar-refractivity contribution in [1.82, 2.24) is 0 Å². The highest BCUT2D eigenvalue weighted by atomic mass is 35.5. The quantitative estimate of drug-likeness (QED) is 0.789. The molecule has 0 bridgehead atoms. The predicted octanol–water partition coefficient (Wildman–Crippen LogP) is 3.28. The Morgan fingerprint density at radius 1 is 1.07 bits per heavy atom. The first kappa shape index (κ1) is 19.3. The van der Waals surface area contributed by atoms with Crippen LogP contribution in [0.2, 0.25) is 5.02 Å². The van der Waals surface area contributed by atoms with Crippen molar-refractivity contribution in [2.45, 2.75) is 17.7 Å². The van der Waals surface area contributed by atoms with E-state index in [0.717, 1.165) is 6.42 Å². The smallest absolute Gasteiger partial charge is 0.265 e. The molecule has 0 unspecified atom stereocenters. The number of carbonyl (C=O) groups is 1. The molecule has 2 aromatic rings. The monoisotopic (exact) mass is 410 g/mol. The fraction of sp³-hybridized carbons (Fsp3) is 0.278. The molecule has 1 saturated heterocycles. The first-order valence-corrected chi connectivity index (χ1v) is 10.1. The van der Waals surface area contributed by atoms with Gasteiger partial charge in [-0.25, -0.2) is 8.42 Å². The van der Waals surface area contributed by atoms with Crippen molar-refractivity contribution < 1.29 is 22.7 Å². The third-order valence-corrected chi connectivity index (χ3v) is 5.85. The molecule has 144 valence electrons. The van der Waals surface area contributed by atoms with E-state index in [1.807, 2.05) is 0 Å². The maximum absolute atomic E-state index is 12.8. The van der Waals surface area contributed by atoms with Gasteiger partial charge in [-0.1, -0.05) is 11.6 Å². The summed E-state index contributed by atoms with van der Waals surface area (Å²) in [5.74, 6) is 0.647. The number of hydrogen-bond acceptors (Lipinski definition) is 5. The van der Waals surface area contributed by atoms with Crippen LogP contribution in [0.3, 0.4) is 0 Å². The number of hydrogen-bond donors (Lipinski definition) is 1. The van der Waals surface area contributed by atoms with Crippen LogP contribution in [0.1, 0.15) is 12.8 Å². The third kappa shape index (κ3) is 3.96. The minimum absolute atomic E-state index is 0.0233. The average Bonchev–Trinajstić information content (AvgIpc) is 3.07. The van der Waals surface area contributed by atoms with Crippen LogP contribution < -0.4 is 19.1 Å². The molecule has 0 spiro atoms. The van der Waals surface area contributed by atoms with Crippen LogP contribution in [0.5, 0.6) is 11.5 Å². The summed E-state index contributed by atoms with van der Waals surface area (Å²) in [5.41, 5.74) is 0.825. The van der Waals surface area contributed by atoms with Crippen LogP contribution in [0.4, 0.5) is 11.4 Å². The summed E-state index contributed by atoms with van der Waals surface area (Å²) in [6, 6.07) is 9.11. The van der Waals surface area contributed by atoms with Gasteiger partial charge in [0.05, 0.1) is 25.6 Å². The zero-order valence-corrected chi connectivity index (χ0v) is 16.4. The Morgan fingerprint density at radius 2 is 1.78 bits per heavy atom. The van der Waals surface area contributed by atoms with E-state index >= 15 is 0 Å². The molecule has 7 nitrogen and oxygen atoms in total. The molecule has 1 amide bonds. The van der Waals surface area contributed by atoms with E-state index in [1.54, 1.807) is 29.2 Å². The summed E-state index contributed by atoms with van der Waals surface area (Å²) in [6.07, 6.45) is 1.20. The van der Waals surface area contributed by atoms with Crippen molar-refractivity contribution >= 4 is 38.9 Å². The maximum Gasteiger partial charge on any atom is 0.265 e. The van der Waals surface area contributed by atoms with Gasteiger partial charge in [0.1, 0.15) is 16.4 Å². The molecule has 0 aromatic heterocycles. The van der Waals surface area contributed by atoms with Gasteiger partial charge in [-0.2, -0.15) is 0 Å². The van der Waals surface area contributed by atoms with E-state index < -0.39 is 10.0 Å². The Balaban J connectivity index is 1.98. The molecule has 1 aliphatic heterocycles. The molecule has 0 radical (unpaired) electrons. The lowest BCUT2D eigenvalue weighted by Gasteiger charge is -2.20. The van der Waals surface area contributed by atoms with Crippen molar-refractivity contribution in [3.05, 3.63) is 41.4 Å². The number of carbonyl (C=O) groups excluding carboxylic acids is 1. The lowest BCUT2D eigenvalue weighted by molar-refractivity contribution is -0.117. The van der Waals surface area contributed by atoms with Crippen LogP contribution in [0.25, 0.3) is 0 Å². The lowest BCUT2D eigenvalue weighted by atomic mass is 10.2. The van der Waals surface area contributed by atoms with Crippen LogP contribution in [-0.4, -0.2) is 35.1 Å². The maximum atomic E-state index is 12.8. The molecule has 0 atom stereocenters. The number of amides is 1. The third-order valence-electron chi connectivity index (χ3n) is 4.21. The van der Waals surface area contributed by atoms with Gasteiger partial charge < -0.3 is 14.4 Å². The molecule has 1 heterocycles. The Labute approximate surface area is 162 Å². The van der Waals surface area contributed by atoms with Crippen molar-refractivity contribution in [1.29, 1.82) is 0 Å². The first-order chi connectivity index (χ1) is 12.9. The minimum Gasteiger partial charge on any atom is -0.495 e. The molecule has 1 aliphatic rings. The number of rotatable bonds is 6. The summed E-state index contributed by atoms with van der Waals surface area (Å²) in [6.45, 7) is 0.563. The molecule has 2 aromatic carbocycles. The summed E-state index contributed by atoms with van der Waals surface area (Å²) in [4.78, 5) is 13.6. The van der Waals surface area contributed by atoms with Gasteiger partial charge in [-0.3, -0.25) is 9.52 Å². The topological polar surface area (TPSA) is 84.9 Å². The molecule has 1 fully saturated rings. The average molecular weight is 411 g/mol. The number of anilines is 2. The Morgan fingerprint density at radius 3 is 2.41 bits per heavy atom. The van der Waals surface area contributed by atoms with Crippen molar-refractivity contribution in [3.63, 3.8) is 0 Å². The summed E-state index contributed by atoms with van der Waals surface area (Å²) in [5, 5.41) is 0.272. The zero-order valence-electron chi connectivity index (χ0n) is 14.9. The van der Waals surface area contributed by atoms with Crippen LogP contribution in [0.15, 0.2) is 41.3 Å². The van der Waals surface area contributed by atoms with Crippen molar-refractivity contribution in [2.24, 2.45) is 0 Å². The molecular formula is C18H19ClN2O5S. The van der Waals surface area contributed by atoms with E-state index in [4.69, 9.17) is 21.1 Å². The molecule has 3 rings (SSSR count). The fourth-order valence-corrected chi connectivity index (χ4v) is 4.42. The summed E-state index contributed by atoms with van der Waals surface area (Å²) < 4.78 is 38.6. The van der Waals surface area contributed by atoms with Gasteiger partial charge in [0.25, 0.3) is 10.0 Å². The number of benzene rings is 2. The van der Waals surface area contributed by atoms with E-state index in [9.17, 15) is 13.2 Å². The van der Waals surface area contributed by atoms with Gasteiger partial charge >= 0.3 is 0 Å². The lowest BCUT2D eigenvalue weighted by Crippen LogP contribution is -2.24. The van der Waals surface area contributed by atoms with E-state index in [1.165, 1.54) is 26.4 Å². The number of halogens is 1. The fourth-order valence-electron chi connectivity index (χ4n) is 2.94. The van der Waals surface area contributed by atoms with Crippen LogP contribution in [0, 0.1) is 0 Å². The van der Waals surface area contributed by atoms with Crippen LogP contribution >= 0.6 is 11.6 Å². The Kier molecular flexibility index (Phi) is 5.48. The van der Waals surface area contributed by atoms with Gasteiger partial charge in [0.15, 0.2) is 0 Å².